The van der Waals surface area contributed by atoms with E-state index in [1.54, 1.807) is 13.1 Å². The Balaban J connectivity index is 2.14. The van der Waals surface area contributed by atoms with E-state index in [0.29, 0.717) is 11.5 Å². The number of carbonyl (C=O) groups is 1. The number of esters is 1. The molecule has 3 aromatic heterocycles. The predicted molar refractivity (Wildman–Crippen MR) is 94.6 cm³/mol. The van der Waals surface area contributed by atoms with Gasteiger partial charge in [0.15, 0.2) is 15.7 Å². The second-order valence-corrected chi connectivity index (χ2v) is 8.04. The number of nitrogens with one attached hydrogen (secondary N) is 1. The lowest BCUT2D eigenvalue weighted by Gasteiger charge is -2.12. The Hall–Kier alpha value is -3.28. The van der Waals surface area contributed by atoms with Crippen molar-refractivity contribution in [1.82, 2.24) is 19.9 Å². The molecule has 3 heterocycles. The number of halogens is 3. The minimum absolute atomic E-state index is 0.127. The summed E-state index contributed by atoms with van der Waals surface area (Å²) in [6.07, 6.45) is -0.602. The summed E-state index contributed by atoms with van der Waals surface area (Å²) in [5.74, 6) is -2.77. The molecule has 8 nitrogen and oxygen atoms in total. The first-order chi connectivity index (χ1) is 13.4. The first kappa shape index (κ1) is 20.5. The molecule has 3 rings (SSSR count). The Kier molecular flexibility index (Phi) is 5.13. The molecular formula is C17H13F3N4O4S. The van der Waals surface area contributed by atoms with Gasteiger partial charge in [-0.15, -0.1) is 0 Å². The van der Waals surface area contributed by atoms with Crippen molar-refractivity contribution in [3.63, 3.8) is 0 Å². The molecule has 0 saturated heterocycles. The zero-order chi connectivity index (χ0) is 21.4. The number of ether oxygens (including phenoxy) is 1. The molecule has 152 valence electrons. The Morgan fingerprint density at radius 3 is 2.45 bits per heavy atom. The van der Waals surface area contributed by atoms with Crippen molar-refractivity contribution in [2.75, 3.05) is 6.26 Å². The number of aromatic nitrogens is 4. The molecule has 0 aromatic carbocycles. The van der Waals surface area contributed by atoms with Crippen LogP contribution < -0.4 is 4.74 Å². The van der Waals surface area contributed by atoms with Gasteiger partial charge >= 0.3 is 12.1 Å². The van der Waals surface area contributed by atoms with Crippen LogP contribution in [0.1, 0.15) is 5.69 Å². The summed E-state index contributed by atoms with van der Waals surface area (Å²) >= 11 is 0. The second kappa shape index (κ2) is 7.28. The standard InChI is InChI=1S/C17H13F3N4O4S/c1-9-7-22-14(24-9)13-5-10(3-4-21-13)12-6-11(29(2,26)27)8-23-15(12)28-16(25)17(18,19)20/h3-8H,1-2H3,(H,22,24). The fourth-order valence-corrected chi connectivity index (χ4v) is 2.92. The number of pyridine rings is 2. The fourth-order valence-electron chi connectivity index (χ4n) is 2.34. The van der Waals surface area contributed by atoms with Crippen molar-refractivity contribution >= 4 is 15.8 Å². The summed E-state index contributed by atoms with van der Waals surface area (Å²) in [6, 6.07) is 3.94. The molecule has 0 aliphatic heterocycles. The predicted octanol–water partition coefficient (Wildman–Crippen LogP) is 2.71. The van der Waals surface area contributed by atoms with Gasteiger partial charge in [0.05, 0.1) is 4.90 Å². The highest BCUT2D eigenvalue weighted by molar-refractivity contribution is 7.90. The molecule has 1 N–H and O–H groups in total. The normalized spacial score (nSPS) is 12.0. The smallest absolute Gasteiger partial charge is 0.400 e. The minimum Gasteiger partial charge on any atom is -0.400 e. The number of nitrogens with zero attached hydrogens (tertiary/aromatic N) is 3. The van der Waals surface area contributed by atoms with Crippen LogP contribution in [0.4, 0.5) is 13.2 Å². The van der Waals surface area contributed by atoms with Crippen LogP contribution in [0.2, 0.25) is 0 Å². The van der Waals surface area contributed by atoms with E-state index in [1.165, 1.54) is 18.3 Å². The van der Waals surface area contributed by atoms with Crippen LogP contribution >= 0.6 is 0 Å². The van der Waals surface area contributed by atoms with Gasteiger partial charge in [-0.3, -0.25) is 4.98 Å². The van der Waals surface area contributed by atoms with Gasteiger partial charge in [0.25, 0.3) is 0 Å². The van der Waals surface area contributed by atoms with Gasteiger partial charge in [-0.2, -0.15) is 13.2 Å². The average molecular weight is 426 g/mol. The summed E-state index contributed by atoms with van der Waals surface area (Å²) < 4.78 is 65.9. The molecule has 0 radical (unpaired) electrons. The zero-order valence-electron chi connectivity index (χ0n) is 15.0. The van der Waals surface area contributed by atoms with Crippen molar-refractivity contribution in [1.29, 1.82) is 0 Å². The van der Waals surface area contributed by atoms with E-state index in [-0.39, 0.29) is 16.0 Å². The molecule has 0 aliphatic carbocycles. The summed E-state index contributed by atoms with van der Waals surface area (Å²) in [6.45, 7) is 1.77. The third-order valence-electron chi connectivity index (χ3n) is 3.69. The van der Waals surface area contributed by atoms with Gasteiger partial charge in [-0.1, -0.05) is 0 Å². The number of aromatic amines is 1. The lowest BCUT2D eigenvalue weighted by atomic mass is 10.1. The van der Waals surface area contributed by atoms with Crippen LogP contribution in [0.25, 0.3) is 22.6 Å². The molecule has 0 amide bonds. The summed E-state index contributed by atoms with van der Waals surface area (Å²) in [5, 5.41) is 0. The maximum absolute atomic E-state index is 12.6. The number of rotatable bonds is 4. The van der Waals surface area contributed by atoms with Crippen LogP contribution in [-0.4, -0.2) is 46.8 Å². The highest BCUT2D eigenvalue weighted by atomic mass is 32.2. The Morgan fingerprint density at radius 1 is 1.14 bits per heavy atom. The fraction of sp³-hybridized carbons (Fsp3) is 0.176. The molecule has 12 heteroatoms. The Labute approximate surface area is 162 Å². The van der Waals surface area contributed by atoms with Gasteiger partial charge < -0.3 is 9.72 Å². The number of H-pyrrole nitrogens is 1. The molecule has 0 atom stereocenters. The number of hydrogen-bond donors (Lipinski definition) is 1. The van der Waals surface area contributed by atoms with E-state index in [2.05, 4.69) is 24.7 Å². The molecule has 0 bridgehead atoms. The van der Waals surface area contributed by atoms with Crippen molar-refractivity contribution < 1.29 is 31.1 Å². The van der Waals surface area contributed by atoms with E-state index >= 15 is 0 Å². The maximum Gasteiger partial charge on any atom is 0.491 e. The second-order valence-electron chi connectivity index (χ2n) is 6.03. The number of alkyl halides is 3. The molecule has 0 unspecified atom stereocenters. The number of aryl methyl sites for hydroxylation is 1. The minimum atomic E-state index is -5.25. The van der Waals surface area contributed by atoms with E-state index in [1.807, 2.05) is 0 Å². The average Bonchev–Trinajstić information content (AvgIpc) is 3.07. The van der Waals surface area contributed by atoms with Crippen LogP contribution in [0, 0.1) is 6.92 Å². The van der Waals surface area contributed by atoms with Gasteiger partial charge in [0.2, 0.25) is 5.88 Å². The maximum atomic E-state index is 12.6. The topological polar surface area (TPSA) is 115 Å². The van der Waals surface area contributed by atoms with Crippen LogP contribution in [0.15, 0.2) is 41.7 Å². The summed E-state index contributed by atoms with van der Waals surface area (Å²) in [7, 11) is -3.73. The summed E-state index contributed by atoms with van der Waals surface area (Å²) in [4.78, 5) is 25.8. The largest absolute Gasteiger partial charge is 0.491 e. The molecule has 29 heavy (non-hydrogen) atoms. The monoisotopic (exact) mass is 426 g/mol. The van der Waals surface area contributed by atoms with Crippen LogP contribution in [0.3, 0.4) is 0 Å². The quantitative estimate of drug-likeness (QED) is 0.638. The lowest BCUT2D eigenvalue weighted by molar-refractivity contribution is -0.189. The van der Waals surface area contributed by atoms with E-state index in [0.717, 1.165) is 24.2 Å². The molecule has 0 spiro atoms. The first-order valence-electron chi connectivity index (χ1n) is 7.92. The van der Waals surface area contributed by atoms with Crippen molar-refractivity contribution in [3.8, 4) is 28.5 Å². The number of imidazole rings is 1. The van der Waals surface area contributed by atoms with Gasteiger partial charge in [-0.05, 0) is 30.7 Å². The molecular weight excluding hydrogens is 413 g/mol. The number of hydrogen-bond acceptors (Lipinski definition) is 7. The van der Waals surface area contributed by atoms with Crippen molar-refractivity contribution in [2.24, 2.45) is 0 Å². The molecule has 3 aromatic rings. The Bertz CT molecular complexity index is 1190. The van der Waals surface area contributed by atoms with Gasteiger partial charge in [-0.25, -0.2) is 23.2 Å². The van der Waals surface area contributed by atoms with E-state index in [4.69, 9.17) is 0 Å². The van der Waals surface area contributed by atoms with E-state index in [9.17, 15) is 26.4 Å². The van der Waals surface area contributed by atoms with Crippen LogP contribution in [0.5, 0.6) is 5.88 Å². The molecule has 0 aliphatic rings. The highest BCUT2D eigenvalue weighted by Crippen LogP contribution is 2.33. The number of carbonyl (C=O) groups excluding carboxylic acids is 1. The van der Waals surface area contributed by atoms with Crippen molar-refractivity contribution in [2.45, 2.75) is 18.0 Å². The summed E-state index contributed by atoms with van der Waals surface area (Å²) in [5.41, 5.74) is 1.20. The van der Waals surface area contributed by atoms with Gasteiger partial charge in [0.1, 0.15) is 5.69 Å². The van der Waals surface area contributed by atoms with Crippen molar-refractivity contribution in [3.05, 3.63) is 42.5 Å². The SMILES string of the molecule is Cc1cnc(-c2cc(-c3cc(S(C)(=O)=O)cnc3OC(=O)C(F)(F)F)ccn2)[nH]1. The number of sulfone groups is 1. The van der Waals surface area contributed by atoms with Crippen LogP contribution in [-0.2, 0) is 14.6 Å². The molecule has 0 fully saturated rings. The van der Waals surface area contributed by atoms with Gasteiger partial charge in [0, 0.05) is 36.1 Å². The lowest BCUT2D eigenvalue weighted by Crippen LogP contribution is -2.28. The third kappa shape index (κ3) is 4.59. The third-order valence-corrected chi connectivity index (χ3v) is 4.77. The molecule has 0 saturated carbocycles. The highest BCUT2D eigenvalue weighted by Gasteiger charge is 2.42. The zero-order valence-corrected chi connectivity index (χ0v) is 15.8. The Morgan fingerprint density at radius 2 is 1.86 bits per heavy atom. The van der Waals surface area contributed by atoms with E-state index < -0.39 is 27.9 Å². The first-order valence-corrected chi connectivity index (χ1v) is 9.82.